The van der Waals surface area contributed by atoms with Crippen LogP contribution in [0.4, 0.5) is 5.69 Å². The van der Waals surface area contributed by atoms with Gasteiger partial charge in [0.05, 0.1) is 11.7 Å². The summed E-state index contributed by atoms with van der Waals surface area (Å²) >= 11 is 3.48. The maximum absolute atomic E-state index is 12.0. The van der Waals surface area contributed by atoms with Gasteiger partial charge in [0.15, 0.2) is 0 Å². The molecule has 3 nitrogen and oxygen atoms in total. The molecule has 1 aromatic carbocycles. The van der Waals surface area contributed by atoms with Crippen LogP contribution < -0.4 is 10.6 Å². The fourth-order valence-electron chi connectivity index (χ4n) is 1.97. The van der Waals surface area contributed by atoms with E-state index in [0.29, 0.717) is 0 Å². The molecule has 16 heavy (non-hydrogen) atoms. The van der Waals surface area contributed by atoms with E-state index in [1.807, 2.05) is 25.1 Å². The molecule has 0 saturated carbocycles. The van der Waals surface area contributed by atoms with Gasteiger partial charge in [-0.05, 0) is 53.4 Å². The largest absolute Gasteiger partial charge is 0.320 e. The average Bonchev–Trinajstić information content (AvgIpc) is 2.26. The molecule has 0 bridgehead atoms. The van der Waals surface area contributed by atoms with Crippen molar-refractivity contribution in [3.8, 4) is 0 Å². The van der Waals surface area contributed by atoms with Gasteiger partial charge in [0.2, 0.25) is 5.91 Å². The minimum Gasteiger partial charge on any atom is -0.320 e. The van der Waals surface area contributed by atoms with Gasteiger partial charge in [-0.1, -0.05) is 6.07 Å². The standard InChI is InChI=1S/C12H15BrN2O/c1-8-4-5-9(13)11(7-8)15-6-2-3-10(14)12(15)16/h4-5,7,10H,2-3,6,14H2,1H3. The van der Waals surface area contributed by atoms with Crippen molar-refractivity contribution in [3.63, 3.8) is 0 Å². The number of carbonyl (C=O) groups excluding carboxylic acids is 1. The van der Waals surface area contributed by atoms with Crippen LogP contribution in [0, 0.1) is 6.92 Å². The van der Waals surface area contributed by atoms with Crippen LogP contribution in [0.3, 0.4) is 0 Å². The Bertz CT molecular complexity index is 419. The van der Waals surface area contributed by atoms with Crippen LogP contribution in [0.2, 0.25) is 0 Å². The molecule has 0 radical (unpaired) electrons. The highest BCUT2D eigenvalue weighted by Gasteiger charge is 2.27. The molecule has 1 amide bonds. The number of piperidine rings is 1. The van der Waals surface area contributed by atoms with Gasteiger partial charge < -0.3 is 10.6 Å². The first-order valence-corrected chi connectivity index (χ1v) is 6.22. The van der Waals surface area contributed by atoms with Crippen molar-refractivity contribution in [2.75, 3.05) is 11.4 Å². The molecule has 0 aliphatic carbocycles. The average molecular weight is 283 g/mol. The van der Waals surface area contributed by atoms with Crippen LogP contribution in [0.1, 0.15) is 18.4 Å². The van der Waals surface area contributed by atoms with E-state index in [9.17, 15) is 4.79 Å². The molecule has 1 fully saturated rings. The van der Waals surface area contributed by atoms with Crippen molar-refractivity contribution in [2.45, 2.75) is 25.8 Å². The zero-order chi connectivity index (χ0) is 11.7. The summed E-state index contributed by atoms with van der Waals surface area (Å²) in [5, 5.41) is 0. The third kappa shape index (κ3) is 2.13. The summed E-state index contributed by atoms with van der Waals surface area (Å²) in [5.74, 6) is 0.0255. The summed E-state index contributed by atoms with van der Waals surface area (Å²) in [6.07, 6.45) is 1.76. The Morgan fingerprint density at radius 2 is 2.25 bits per heavy atom. The number of amides is 1. The first-order valence-electron chi connectivity index (χ1n) is 5.42. The lowest BCUT2D eigenvalue weighted by molar-refractivity contribution is -0.120. The second-order valence-corrected chi connectivity index (χ2v) is 5.05. The molecular weight excluding hydrogens is 268 g/mol. The summed E-state index contributed by atoms with van der Waals surface area (Å²) in [4.78, 5) is 13.8. The van der Waals surface area contributed by atoms with E-state index in [-0.39, 0.29) is 11.9 Å². The molecule has 1 aliphatic rings. The maximum Gasteiger partial charge on any atom is 0.243 e. The highest BCUT2D eigenvalue weighted by atomic mass is 79.9. The number of nitrogens with zero attached hydrogens (tertiary/aromatic N) is 1. The second-order valence-electron chi connectivity index (χ2n) is 4.19. The molecule has 1 heterocycles. The minimum atomic E-state index is -0.346. The second kappa shape index (κ2) is 4.55. The summed E-state index contributed by atoms with van der Waals surface area (Å²) < 4.78 is 0.945. The lowest BCUT2D eigenvalue weighted by Gasteiger charge is -2.31. The van der Waals surface area contributed by atoms with E-state index < -0.39 is 0 Å². The molecule has 1 aromatic rings. The topological polar surface area (TPSA) is 46.3 Å². The Morgan fingerprint density at radius 1 is 1.50 bits per heavy atom. The van der Waals surface area contributed by atoms with E-state index in [4.69, 9.17) is 5.73 Å². The van der Waals surface area contributed by atoms with Crippen LogP contribution >= 0.6 is 15.9 Å². The number of hydrogen-bond donors (Lipinski definition) is 1. The number of halogens is 1. The van der Waals surface area contributed by atoms with Crippen molar-refractivity contribution in [2.24, 2.45) is 5.73 Å². The number of hydrogen-bond acceptors (Lipinski definition) is 2. The molecule has 86 valence electrons. The van der Waals surface area contributed by atoms with Crippen LogP contribution in [0.5, 0.6) is 0 Å². The number of carbonyl (C=O) groups is 1. The molecular formula is C12H15BrN2O. The minimum absolute atomic E-state index is 0.0255. The van der Waals surface area contributed by atoms with E-state index in [0.717, 1.165) is 35.1 Å². The van der Waals surface area contributed by atoms with Crippen LogP contribution in [-0.2, 0) is 4.79 Å². The molecule has 1 aliphatic heterocycles. The van der Waals surface area contributed by atoms with Crippen LogP contribution in [0.25, 0.3) is 0 Å². The zero-order valence-corrected chi connectivity index (χ0v) is 10.8. The van der Waals surface area contributed by atoms with Gasteiger partial charge >= 0.3 is 0 Å². The lowest BCUT2D eigenvalue weighted by Crippen LogP contribution is -2.48. The SMILES string of the molecule is Cc1ccc(Br)c(N2CCCC(N)C2=O)c1. The maximum atomic E-state index is 12.0. The first-order chi connectivity index (χ1) is 7.59. The van der Waals surface area contributed by atoms with Gasteiger partial charge in [0, 0.05) is 11.0 Å². The summed E-state index contributed by atoms with van der Waals surface area (Å²) in [5.41, 5.74) is 7.86. The lowest BCUT2D eigenvalue weighted by atomic mass is 10.0. The number of aryl methyl sites for hydroxylation is 1. The van der Waals surface area contributed by atoms with Gasteiger partial charge in [-0.25, -0.2) is 0 Å². The van der Waals surface area contributed by atoms with Gasteiger partial charge in [-0.2, -0.15) is 0 Å². The fraction of sp³-hybridized carbons (Fsp3) is 0.417. The normalized spacial score (nSPS) is 21.3. The van der Waals surface area contributed by atoms with E-state index in [1.165, 1.54) is 0 Å². The number of rotatable bonds is 1. The zero-order valence-electron chi connectivity index (χ0n) is 9.24. The summed E-state index contributed by atoms with van der Waals surface area (Å²) in [6, 6.07) is 5.65. The van der Waals surface area contributed by atoms with Crippen molar-refractivity contribution in [3.05, 3.63) is 28.2 Å². The Kier molecular flexibility index (Phi) is 3.30. The van der Waals surface area contributed by atoms with Gasteiger partial charge in [-0.3, -0.25) is 4.79 Å². The van der Waals surface area contributed by atoms with Gasteiger partial charge in [0.1, 0.15) is 0 Å². The van der Waals surface area contributed by atoms with E-state index >= 15 is 0 Å². The Labute approximate surface area is 104 Å². The summed E-state index contributed by atoms with van der Waals surface area (Å²) in [6.45, 7) is 2.78. The van der Waals surface area contributed by atoms with Crippen LogP contribution in [0.15, 0.2) is 22.7 Å². The van der Waals surface area contributed by atoms with Crippen molar-refractivity contribution in [1.29, 1.82) is 0 Å². The van der Waals surface area contributed by atoms with Gasteiger partial charge in [0.25, 0.3) is 0 Å². The molecule has 1 saturated heterocycles. The molecule has 2 rings (SSSR count). The molecule has 4 heteroatoms. The number of benzene rings is 1. The monoisotopic (exact) mass is 282 g/mol. The quantitative estimate of drug-likeness (QED) is 0.859. The van der Waals surface area contributed by atoms with Crippen molar-refractivity contribution < 1.29 is 4.79 Å². The molecule has 2 N–H and O–H groups in total. The fourth-order valence-corrected chi connectivity index (χ4v) is 2.43. The Balaban J connectivity index is 2.35. The first kappa shape index (κ1) is 11.6. The third-order valence-electron chi connectivity index (χ3n) is 2.87. The smallest absolute Gasteiger partial charge is 0.243 e. The highest BCUT2D eigenvalue weighted by molar-refractivity contribution is 9.10. The highest BCUT2D eigenvalue weighted by Crippen LogP contribution is 2.29. The Morgan fingerprint density at radius 3 is 3.00 bits per heavy atom. The summed E-state index contributed by atoms with van der Waals surface area (Å²) in [7, 11) is 0. The molecule has 1 unspecified atom stereocenters. The van der Waals surface area contributed by atoms with Crippen LogP contribution in [-0.4, -0.2) is 18.5 Å². The molecule has 0 spiro atoms. The predicted octanol–water partition coefficient (Wildman–Crippen LogP) is 2.21. The van der Waals surface area contributed by atoms with Crippen molar-refractivity contribution >= 4 is 27.5 Å². The van der Waals surface area contributed by atoms with Crippen molar-refractivity contribution in [1.82, 2.24) is 0 Å². The van der Waals surface area contributed by atoms with E-state index in [2.05, 4.69) is 15.9 Å². The molecule has 1 atom stereocenters. The van der Waals surface area contributed by atoms with Gasteiger partial charge in [-0.15, -0.1) is 0 Å². The number of anilines is 1. The predicted molar refractivity (Wildman–Crippen MR) is 68.4 cm³/mol. The number of nitrogens with two attached hydrogens (primary N) is 1. The van der Waals surface area contributed by atoms with E-state index in [1.54, 1.807) is 4.90 Å². The Hall–Kier alpha value is -0.870. The molecule has 0 aromatic heterocycles. The third-order valence-corrected chi connectivity index (χ3v) is 3.54.